The lowest BCUT2D eigenvalue weighted by Gasteiger charge is -2.45. The third kappa shape index (κ3) is 4.58. The summed E-state index contributed by atoms with van der Waals surface area (Å²) in [5, 5.41) is 1.04. The number of hydrogen-bond donors (Lipinski definition) is 0. The maximum absolute atomic E-state index is 6.65. The van der Waals surface area contributed by atoms with Gasteiger partial charge in [0.2, 0.25) is 0 Å². The Morgan fingerprint density at radius 3 is 2.04 bits per heavy atom. The summed E-state index contributed by atoms with van der Waals surface area (Å²) in [7, 11) is 0. The van der Waals surface area contributed by atoms with Gasteiger partial charge in [0.15, 0.2) is 5.82 Å². The highest BCUT2D eigenvalue weighted by Crippen LogP contribution is 2.57. The third-order valence-corrected chi connectivity index (χ3v) is 9.83. The molecule has 0 saturated heterocycles. The molecule has 0 saturated carbocycles. The second-order valence-corrected chi connectivity index (χ2v) is 12.5. The Morgan fingerprint density at radius 1 is 0.542 bits per heavy atom. The second kappa shape index (κ2) is 11.6. The fourth-order valence-corrected chi connectivity index (χ4v) is 7.61. The van der Waals surface area contributed by atoms with Crippen LogP contribution in [0.5, 0.6) is 11.5 Å². The molecule has 0 N–H and O–H groups in total. The summed E-state index contributed by atoms with van der Waals surface area (Å²) in [5.41, 5.74) is 9.46. The number of fused-ring (bicyclic) bond motifs is 3. The number of rotatable bonds is 5. The molecule has 228 valence electrons. The van der Waals surface area contributed by atoms with Gasteiger partial charge < -0.3 is 4.74 Å². The maximum atomic E-state index is 6.65. The summed E-state index contributed by atoms with van der Waals surface area (Å²) in [5.74, 6) is 2.77. The van der Waals surface area contributed by atoms with Gasteiger partial charge in [0.05, 0.1) is 16.6 Å². The van der Waals surface area contributed by atoms with Crippen LogP contribution < -0.4 is 4.74 Å². The lowest BCUT2D eigenvalue weighted by Crippen LogP contribution is -2.39. The minimum atomic E-state index is -0.420. The molecule has 0 amide bonds. The Hall–Kier alpha value is -6.06. The molecule has 6 aromatic carbocycles. The Bertz CT molecular complexity index is 2340. The van der Waals surface area contributed by atoms with Crippen molar-refractivity contribution in [2.24, 2.45) is 5.92 Å². The van der Waals surface area contributed by atoms with Crippen LogP contribution in [0.1, 0.15) is 23.1 Å². The van der Waals surface area contributed by atoms with Crippen molar-refractivity contribution in [2.75, 3.05) is 0 Å². The van der Waals surface area contributed by atoms with Crippen molar-refractivity contribution in [3.05, 3.63) is 193 Å². The summed E-state index contributed by atoms with van der Waals surface area (Å²) in [6, 6.07) is 53.4. The van der Waals surface area contributed by atoms with E-state index < -0.39 is 5.41 Å². The monoisotopic (exact) mass is 616 g/mol. The van der Waals surface area contributed by atoms with E-state index in [1.807, 2.05) is 24.3 Å². The lowest BCUT2D eigenvalue weighted by atomic mass is 9.59. The summed E-state index contributed by atoms with van der Waals surface area (Å²) in [6.45, 7) is 0. The molecule has 2 unspecified atom stereocenters. The molecule has 2 atom stereocenters. The quantitative estimate of drug-likeness (QED) is 0.193. The largest absolute Gasteiger partial charge is 0.457 e. The molecule has 2 heterocycles. The summed E-state index contributed by atoms with van der Waals surface area (Å²) < 4.78 is 6.65. The number of nitrogens with zero attached hydrogens (tertiary/aromatic N) is 2. The van der Waals surface area contributed by atoms with Crippen molar-refractivity contribution in [3.63, 3.8) is 0 Å². The van der Waals surface area contributed by atoms with Gasteiger partial charge in [0, 0.05) is 27.6 Å². The highest BCUT2D eigenvalue weighted by atomic mass is 16.5. The summed E-state index contributed by atoms with van der Waals surface area (Å²) in [4.78, 5) is 9.99. The van der Waals surface area contributed by atoms with Gasteiger partial charge in [-0.1, -0.05) is 152 Å². The van der Waals surface area contributed by atoms with Crippen molar-refractivity contribution in [1.29, 1.82) is 0 Å². The molecule has 3 nitrogen and oxygen atoms in total. The van der Waals surface area contributed by atoms with Crippen LogP contribution in [0.2, 0.25) is 0 Å². The smallest absolute Gasteiger partial charge is 0.160 e. The molecule has 3 heteroatoms. The van der Waals surface area contributed by atoms with E-state index in [1.165, 1.54) is 16.7 Å². The molecule has 9 rings (SSSR count). The van der Waals surface area contributed by atoms with E-state index in [1.54, 1.807) is 0 Å². The zero-order chi connectivity index (χ0) is 31.9. The molecule has 2 aliphatic rings. The topological polar surface area (TPSA) is 35.0 Å². The van der Waals surface area contributed by atoms with Gasteiger partial charge in [-0.2, -0.15) is 0 Å². The molecule has 1 aromatic heterocycles. The minimum absolute atomic E-state index is 0.219. The van der Waals surface area contributed by atoms with Crippen molar-refractivity contribution < 1.29 is 4.74 Å². The Kier molecular flexibility index (Phi) is 6.83. The van der Waals surface area contributed by atoms with Gasteiger partial charge in [-0.15, -0.1) is 0 Å². The summed E-state index contributed by atoms with van der Waals surface area (Å²) >= 11 is 0. The minimum Gasteiger partial charge on any atom is -0.457 e. The predicted octanol–water partition coefficient (Wildman–Crippen LogP) is 11.2. The fraction of sp³-hybridized carbons (Fsp3) is 0.0667. The van der Waals surface area contributed by atoms with Crippen LogP contribution in [0, 0.1) is 5.92 Å². The van der Waals surface area contributed by atoms with Gasteiger partial charge in [-0.3, -0.25) is 0 Å². The number of allylic oxidation sites excluding steroid dienone is 4. The average molecular weight is 617 g/mol. The van der Waals surface area contributed by atoms with Crippen molar-refractivity contribution in [3.8, 4) is 45.3 Å². The first-order valence-corrected chi connectivity index (χ1v) is 16.5. The molecule has 0 bridgehead atoms. The van der Waals surface area contributed by atoms with Crippen LogP contribution in [-0.4, -0.2) is 9.97 Å². The third-order valence-electron chi connectivity index (χ3n) is 9.83. The molecule has 0 radical (unpaired) electrons. The zero-order valence-corrected chi connectivity index (χ0v) is 26.3. The lowest BCUT2D eigenvalue weighted by molar-refractivity contribution is 0.367. The molecule has 7 aromatic rings. The molecular formula is C45H32N2O. The average Bonchev–Trinajstić information content (AvgIpc) is 3.17. The van der Waals surface area contributed by atoms with E-state index >= 15 is 0 Å². The van der Waals surface area contributed by atoms with Crippen LogP contribution in [0.4, 0.5) is 0 Å². The number of hydrogen-bond acceptors (Lipinski definition) is 3. The van der Waals surface area contributed by atoms with E-state index in [0.29, 0.717) is 0 Å². The standard InChI is InChI=1S/C45H32N2O/c1-4-14-33(15-5-1)44-46-40-22-12-10-20-37(40)43(47-44)32-26-24-31(25-27-32)34-28-29-42-39(30-34)45(35-16-6-2-7-17-35,36-18-8-3-9-19-36)38-21-11-13-23-41(38)48-42/h1-18,20-30,36H,19H2. The number of aromatic nitrogens is 2. The van der Waals surface area contributed by atoms with Crippen molar-refractivity contribution >= 4 is 10.9 Å². The molecule has 0 spiro atoms. The molecular weight excluding hydrogens is 585 g/mol. The van der Waals surface area contributed by atoms with Crippen molar-refractivity contribution in [2.45, 2.75) is 11.8 Å². The molecule has 1 aliphatic heterocycles. The molecule has 0 fully saturated rings. The highest BCUT2D eigenvalue weighted by molar-refractivity contribution is 5.94. The van der Waals surface area contributed by atoms with Crippen LogP contribution in [0.15, 0.2) is 176 Å². The predicted molar refractivity (Wildman–Crippen MR) is 195 cm³/mol. The van der Waals surface area contributed by atoms with Crippen LogP contribution in [0.25, 0.3) is 44.7 Å². The van der Waals surface area contributed by atoms with E-state index in [2.05, 4.69) is 152 Å². The van der Waals surface area contributed by atoms with Gasteiger partial charge in [0.1, 0.15) is 11.5 Å². The molecule has 48 heavy (non-hydrogen) atoms. The Labute approximate surface area is 280 Å². The van der Waals surface area contributed by atoms with Gasteiger partial charge in [0.25, 0.3) is 0 Å². The van der Waals surface area contributed by atoms with E-state index in [-0.39, 0.29) is 5.92 Å². The van der Waals surface area contributed by atoms with Gasteiger partial charge in [-0.25, -0.2) is 9.97 Å². The fourth-order valence-electron chi connectivity index (χ4n) is 7.61. The van der Waals surface area contributed by atoms with E-state index in [4.69, 9.17) is 14.7 Å². The van der Waals surface area contributed by atoms with Crippen LogP contribution in [0.3, 0.4) is 0 Å². The Balaban J connectivity index is 1.18. The number of para-hydroxylation sites is 2. The van der Waals surface area contributed by atoms with Crippen LogP contribution >= 0.6 is 0 Å². The second-order valence-electron chi connectivity index (χ2n) is 12.5. The maximum Gasteiger partial charge on any atom is 0.160 e. The van der Waals surface area contributed by atoms with E-state index in [9.17, 15) is 0 Å². The Morgan fingerprint density at radius 2 is 1.23 bits per heavy atom. The first kappa shape index (κ1) is 28.2. The van der Waals surface area contributed by atoms with Gasteiger partial charge in [-0.05, 0) is 53.3 Å². The molecule has 1 aliphatic carbocycles. The van der Waals surface area contributed by atoms with Crippen molar-refractivity contribution in [1.82, 2.24) is 9.97 Å². The number of benzene rings is 6. The van der Waals surface area contributed by atoms with Crippen LogP contribution in [-0.2, 0) is 5.41 Å². The first-order valence-electron chi connectivity index (χ1n) is 16.5. The number of ether oxygens (including phenoxy) is 1. The van der Waals surface area contributed by atoms with Gasteiger partial charge >= 0.3 is 0 Å². The summed E-state index contributed by atoms with van der Waals surface area (Å²) in [6.07, 6.45) is 9.95. The highest BCUT2D eigenvalue weighted by Gasteiger charge is 2.48. The van der Waals surface area contributed by atoms with E-state index in [0.717, 1.165) is 62.6 Å². The zero-order valence-electron chi connectivity index (χ0n) is 26.3. The first-order chi connectivity index (χ1) is 23.8. The SMILES string of the molecule is C1=CCC(C2(c3ccccc3)c3ccccc3Oc3ccc(-c4ccc(-c5nc(-c6ccccc6)nc6ccccc56)cc4)cc32)C=C1. The normalized spacial score (nSPS) is 17.8.